The number of hydrogen-bond acceptors (Lipinski definition) is 4. The Labute approximate surface area is 89.3 Å². The highest BCUT2D eigenvalue weighted by molar-refractivity contribution is 5.62. The molecule has 0 radical (unpaired) electrons. The normalized spacial score (nSPS) is 17.1. The van der Waals surface area contributed by atoms with Gasteiger partial charge in [-0.3, -0.25) is 5.10 Å². The molecule has 0 unspecified atom stereocenters. The number of hydrogen-bond donors (Lipinski definition) is 3. The number of aromatic amines is 1. The van der Waals surface area contributed by atoms with Crippen molar-refractivity contribution in [1.82, 2.24) is 10.2 Å². The van der Waals surface area contributed by atoms with Gasteiger partial charge in [-0.2, -0.15) is 5.10 Å². The Balaban J connectivity index is 2.15. The largest absolute Gasteiger partial charge is 0.395 e. The lowest BCUT2D eigenvalue weighted by atomic mass is 10.2. The Morgan fingerprint density at radius 2 is 2.27 bits per heavy atom. The van der Waals surface area contributed by atoms with Gasteiger partial charge in [-0.15, -0.1) is 0 Å². The number of nitrogens with one attached hydrogen (secondary N) is 1. The first-order chi connectivity index (χ1) is 7.33. The number of nitrogens with two attached hydrogens (primary N) is 1. The van der Waals surface area contributed by atoms with Crippen molar-refractivity contribution in [1.29, 1.82) is 0 Å². The smallest absolute Gasteiger partial charge is 0.142 e. The van der Waals surface area contributed by atoms with E-state index in [1.54, 1.807) is 6.20 Å². The van der Waals surface area contributed by atoms with Gasteiger partial charge in [-0.25, -0.2) is 0 Å². The summed E-state index contributed by atoms with van der Waals surface area (Å²) < 4.78 is 0. The maximum absolute atomic E-state index is 9.07. The van der Waals surface area contributed by atoms with Crippen molar-refractivity contribution in [2.75, 3.05) is 23.8 Å². The summed E-state index contributed by atoms with van der Waals surface area (Å²) in [5.41, 5.74) is 6.72. The minimum Gasteiger partial charge on any atom is -0.395 e. The lowest BCUT2D eigenvalue weighted by Gasteiger charge is -2.29. The molecule has 1 aromatic rings. The molecule has 0 saturated heterocycles. The first-order valence-electron chi connectivity index (χ1n) is 5.49. The van der Waals surface area contributed by atoms with E-state index in [4.69, 9.17) is 10.8 Å². The molecule has 1 heterocycles. The van der Waals surface area contributed by atoms with E-state index in [0.717, 1.165) is 5.69 Å². The first-order valence-corrected chi connectivity index (χ1v) is 5.49. The van der Waals surface area contributed by atoms with Crippen LogP contribution in [0.15, 0.2) is 6.20 Å². The van der Waals surface area contributed by atoms with Crippen molar-refractivity contribution in [2.24, 2.45) is 0 Å². The number of aliphatic hydroxyl groups excluding tert-OH is 1. The second-order valence-corrected chi connectivity index (χ2v) is 4.02. The van der Waals surface area contributed by atoms with Crippen LogP contribution in [0.2, 0.25) is 0 Å². The molecular formula is C10H18N4O. The molecule has 1 aliphatic carbocycles. The van der Waals surface area contributed by atoms with Crippen molar-refractivity contribution in [3.05, 3.63) is 6.20 Å². The third kappa shape index (κ3) is 2.07. The lowest BCUT2D eigenvalue weighted by Crippen LogP contribution is -2.35. The molecule has 0 atom stereocenters. The Hall–Kier alpha value is -1.23. The molecule has 0 amide bonds. The van der Waals surface area contributed by atoms with E-state index in [1.807, 2.05) is 0 Å². The molecule has 0 spiro atoms. The zero-order valence-electron chi connectivity index (χ0n) is 8.82. The summed E-state index contributed by atoms with van der Waals surface area (Å²) >= 11 is 0. The molecule has 5 heteroatoms. The van der Waals surface area contributed by atoms with E-state index in [0.29, 0.717) is 18.4 Å². The molecule has 2 rings (SSSR count). The van der Waals surface area contributed by atoms with Gasteiger partial charge in [0.05, 0.1) is 18.5 Å². The predicted octanol–water partition coefficient (Wildman–Crippen LogP) is 0.733. The number of aliphatic hydroxyl groups is 1. The lowest BCUT2D eigenvalue weighted by molar-refractivity contribution is 0.297. The summed E-state index contributed by atoms with van der Waals surface area (Å²) in [4.78, 5) is 2.17. The zero-order chi connectivity index (χ0) is 10.7. The van der Waals surface area contributed by atoms with E-state index in [-0.39, 0.29) is 6.61 Å². The average Bonchev–Trinajstić information content (AvgIpc) is 2.85. The van der Waals surface area contributed by atoms with Crippen LogP contribution in [0.4, 0.5) is 11.5 Å². The maximum atomic E-state index is 9.07. The molecule has 1 fully saturated rings. The topological polar surface area (TPSA) is 78.2 Å². The van der Waals surface area contributed by atoms with Crippen LogP contribution in [0.25, 0.3) is 0 Å². The van der Waals surface area contributed by atoms with Crippen molar-refractivity contribution in [3.8, 4) is 0 Å². The summed E-state index contributed by atoms with van der Waals surface area (Å²) in [5.74, 6) is 0.593. The number of aromatic nitrogens is 2. The summed E-state index contributed by atoms with van der Waals surface area (Å²) in [6.07, 6.45) is 6.65. The van der Waals surface area contributed by atoms with Crippen LogP contribution in [0.1, 0.15) is 25.7 Å². The van der Waals surface area contributed by atoms with Gasteiger partial charge in [0.25, 0.3) is 0 Å². The van der Waals surface area contributed by atoms with Crippen LogP contribution in [-0.4, -0.2) is 34.5 Å². The minimum absolute atomic E-state index is 0.154. The Kier molecular flexibility index (Phi) is 3.11. The second-order valence-electron chi connectivity index (χ2n) is 4.02. The van der Waals surface area contributed by atoms with E-state index in [2.05, 4.69) is 15.1 Å². The second kappa shape index (κ2) is 4.53. The standard InChI is InChI=1S/C10H18N4O/c11-10-9(7-12-13-10)14(5-6-15)8-3-1-2-4-8/h7-8,15H,1-6H2,(H3,11,12,13). The molecule has 0 aliphatic heterocycles. The van der Waals surface area contributed by atoms with E-state index in [1.165, 1.54) is 25.7 Å². The number of anilines is 2. The van der Waals surface area contributed by atoms with Gasteiger partial charge in [0.15, 0.2) is 0 Å². The van der Waals surface area contributed by atoms with Gasteiger partial charge in [0.1, 0.15) is 5.82 Å². The highest BCUT2D eigenvalue weighted by Crippen LogP contribution is 2.30. The summed E-state index contributed by atoms with van der Waals surface area (Å²) in [5, 5.41) is 15.7. The van der Waals surface area contributed by atoms with Crippen molar-refractivity contribution < 1.29 is 5.11 Å². The first kappa shape index (κ1) is 10.3. The Morgan fingerprint density at radius 3 is 2.80 bits per heavy atom. The van der Waals surface area contributed by atoms with Crippen LogP contribution in [-0.2, 0) is 0 Å². The highest BCUT2D eigenvalue weighted by Gasteiger charge is 2.24. The SMILES string of the molecule is Nc1[nH]ncc1N(CCO)C1CCCC1. The van der Waals surface area contributed by atoms with E-state index < -0.39 is 0 Å². The number of nitrogen functional groups attached to an aromatic ring is 1. The molecule has 1 aliphatic rings. The third-order valence-corrected chi connectivity index (χ3v) is 3.06. The zero-order valence-corrected chi connectivity index (χ0v) is 8.82. The van der Waals surface area contributed by atoms with Crippen LogP contribution < -0.4 is 10.6 Å². The molecule has 5 nitrogen and oxygen atoms in total. The van der Waals surface area contributed by atoms with Gasteiger partial charge in [-0.1, -0.05) is 12.8 Å². The van der Waals surface area contributed by atoms with Crippen LogP contribution >= 0.6 is 0 Å². The fourth-order valence-electron chi connectivity index (χ4n) is 2.34. The van der Waals surface area contributed by atoms with E-state index >= 15 is 0 Å². The average molecular weight is 210 g/mol. The monoisotopic (exact) mass is 210 g/mol. The molecule has 1 saturated carbocycles. The van der Waals surface area contributed by atoms with Crippen molar-refractivity contribution in [3.63, 3.8) is 0 Å². The van der Waals surface area contributed by atoms with Crippen LogP contribution in [0.5, 0.6) is 0 Å². The summed E-state index contributed by atoms with van der Waals surface area (Å²) in [6.45, 7) is 0.787. The van der Waals surface area contributed by atoms with Crippen molar-refractivity contribution >= 4 is 11.5 Å². The van der Waals surface area contributed by atoms with E-state index in [9.17, 15) is 0 Å². The minimum atomic E-state index is 0.154. The summed E-state index contributed by atoms with van der Waals surface area (Å²) in [6, 6.07) is 0.511. The number of H-pyrrole nitrogens is 1. The quantitative estimate of drug-likeness (QED) is 0.684. The maximum Gasteiger partial charge on any atom is 0.142 e. The van der Waals surface area contributed by atoms with Gasteiger partial charge in [0, 0.05) is 12.6 Å². The van der Waals surface area contributed by atoms with Gasteiger partial charge in [0.2, 0.25) is 0 Å². The van der Waals surface area contributed by atoms with Crippen LogP contribution in [0.3, 0.4) is 0 Å². The van der Waals surface area contributed by atoms with Gasteiger partial charge >= 0.3 is 0 Å². The number of nitrogens with zero attached hydrogens (tertiary/aromatic N) is 2. The third-order valence-electron chi connectivity index (χ3n) is 3.06. The number of rotatable bonds is 4. The Morgan fingerprint density at radius 1 is 1.53 bits per heavy atom. The van der Waals surface area contributed by atoms with Crippen molar-refractivity contribution in [2.45, 2.75) is 31.7 Å². The fourth-order valence-corrected chi connectivity index (χ4v) is 2.34. The molecular weight excluding hydrogens is 192 g/mol. The highest BCUT2D eigenvalue weighted by atomic mass is 16.3. The van der Waals surface area contributed by atoms with Crippen LogP contribution in [0, 0.1) is 0 Å². The van der Waals surface area contributed by atoms with Gasteiger partial charge < -0.3 is 15.7 Å². The molecule has 0 aromatic carbocycles. The molecule has 84 valence electrons. The molecule has 4 N–H and O–H groups in total. The predicted molar refractivity (Wildman–Crippen MR) is 59.7 cm³/mol. The summed E-state index contributed by atoms with van der Waals surface area (Å²) in [7, 11) is 0. The molecule has 15 heavy (non-hydrogen) atoms. The molecule has 1 aromatic heterocycles. The van der Waals surface area contributed by atoms with Gasteiger partial charge in [-0.05, 0) is 12.8 Å². The molecule has 0 bridgehead atoms. The fraction of sp³-hybridized carbons (Fsp3) is 0.700. The Bertz CT molecular complexity index is 306.